The van der Waals surface area contributed by atoms with Gasteiger partial charge in [-0.25, -0.2) is 0 Å². The Morgan fingerprint density at radius 2 is 1.57 bits per heavy atom. The van der Waals surface area contributed by atoms with Gasteiger partial charge in [0, 0.05) is 42.8 Å². The van der Waals surface area contributed by atoms with Gasteiger partial charge in [0.1, 0.15) is 0 Å². The van der Waals surface area contributed by atoms with Crippen molar-refractivity contribution in [2.75, 3.05) is 26.2 Å². The van der Waals surface area contributed by atoms with E-state index < -0.39 is 11.7 Å². The molecule has 154 valence electrons. The molecule has 0 unspecified atom stereocenters. The summed E-state index contributed by atoms with van der Waals surface area (Å²) in [4.78, 5) is 44.8. The zero-order valence-electron chi connectivity index (χ0n) is 16.2. The second kappa shape index (κ2) is 8.13. The fraction of sp³-hybridized carbons (Fsp3) is 0.227. The Hall–Kier alpha value is -2.83. The summed E-state index contributed by atoms with van der Waals surface area (Å²) >= 11 is 12.2. The van der Waals surface area contributed by atoms with Crippen molar-refractivity contribution >= 4 is 51.7 Å². The van der Waals surface area contributed by atoms with Crippen LogP contribution >= 0.6 is 23.2 Å². The summed E-state index contributed by atoms with van der Waals surface area (Å²) in [5.74, 6) is -1.34. The van der Waals surface area contributed by atoms with Gasteiger partial charge < -0.3 is 14.8 Å². The van der Waals surface area contributed by atoms with Crippen LogP contribution in [0.25, 0.3) is 10.9 Å². The number of Topliss-reactive ketones (excluding diaryl/α,β-unsaturated/α-hetero) is 1. The molecule has 0 spiro atoms. The number of carbonyl (C=O) groups excluding carboxylic acids is 3. The number of ketones is 1. The molecule has 2 aromatic carbocycles. The number of para-hydroxylation sites is 1. The molecule has 2 amide bonds. The summed E-state index contributed by atoms with van der Waals surface area (Å²) in [6, 6.07) is 12.3. The first-order valence-corrected chi connectivity index (χ1v) is 10.3. The van der Waals surface area contributed by atoms with Crippen molar-refractivity contribution in [2.45, 2.75) is 6.92 Å². The van der Waals surface area contributed by atoms with Crippen LogP contribution in [0.15, 0.2) is 42.5 Å². The van der Waals surface area contributed by atoms with Crippen LogP contribution in [0.2, 0.25) is 10.0 Å². The van der Waals surface area contributed by atoms with Gasteiger partial charge in [-0.15, -0.1) is 0 Å². The van der Waals surface area contributed by atoms with Crippen molar-refractivity contribution in [3.63, 3.8) is 0 Å². The molecule has 1 aliphatic heterocycles. The van der Waals surface area contributed by atoms with Crippen LogP contribution in [0.5, 0.6) is 0 Å². The maximum Gasteiger partial charge on any atom is 0.295 e. The molecular formula is C22H19Cl2N3O3. The third kappa shape index (κ3) is 3.57. The molecule has 0 radical (unpaired) electrons. The number of aryl methyl sites for hydroxylation is 1. The first-order valence-electron chi connectivity index (χ1n) is 9.52. The van der Waals surface area contributed by atoms with Crippen LogP contribution in [0, 0.1) is 6.92 Å². The number of nitrogens with zero attached hydrogens (tertiary/aromatic N) is 2. The van der Waals surface area contributed by atoms with E-state index in [0.717, 1.165) is 10.9 Å². The quantitative estimate of drug-likeness (QED) is 0.491. The Labute approximate surface area is 183 Å². The van der Waals surface area contributed by atoms with Crippen LogP contribution in [-0.2, 0) is 4.79 Å². The molecule has 0 atom stereocenters. The highest BCUT2D eigenvalue weighted by Gasteiger charge is 2.31. The number of benzene rings is 2. The van der Waals surface area contributed by atoms with E-state index >= 15 is 0 Å². The number of aromatic nitrogens is 1. The Morgan fingerprint density at radius 3 is 2.30 bits per heavy atom. The number of hydrogen-bond donors (Lipinski definition) is 1. The number of halogens is 2. The number of hydrogen-bond acceptors (Lipinski definition) is 3. The average Bonchev–Trinajstić information content (AvgIpc) is 3.10. The van der Waals surface area contributed by atoms with E-state index in [2.05, 4.69) is 4.98 Å². The normalized spacial score (nSPS) is 14.2. The summed E-state index contributed by atoms with van der Waals surface area (Å²) in [5, 5.41) is 1.27. The Morgan fingerprint density at radius 1 is 0.900 bits per heavy atom. The SMILES string of the molecule is Cc1[nH]c2ccccc2c1C(=O)C(=O)N1CCN(C(=O)c2cccc(Cl)c2Cl)CC1. The third-order valence-electron chi connectivity index (χ3n) is 5.35. The molecular weight excluding hydrogens is 425 g/mol. The summed E-state index contributed by atoms with van der Waals surface area (Å²) in [6.45, 7) is 2.96. The topological polar surface area (TPSA) is 73.5 Å². The molecule has 0 saturated carbocycles. The van der Waals surface area contributed by atoms with Gasteiger partial charge in [-0.2, -0.15) is 0 Å². The number of fused-ring (bicyclic) bond motifs is 1. The number of piperazine rings is 1. The fourth-order valence-electron chi connectivity index (χ4n) is 3.77. The minimum Gasteiger partial charge on any atom is -0.358 e. The van der Waals surface area contributed by atoms with Crippen LogP contribution in [0.4, 0.5) is 0 Å². The number of carbonyl (C=O) groups is 3. The van der Waals surface area contributed by atoms with Gasteiger partial charge in [-0.1, -0.05) is 47.5 Å². The molecule has 1 N–H and O–H groups in total. The number of amides is 2. The van der Waals surface area contributed by atoms with Gasteiger partial charge >= 0.3 is 0 Å². The predicted octanol–water partition coefficient (Wildman–Crippen LogP) is 3.95. The highest BCUT2D eigenvalue weighted by Crippen LogP contribution is 2.27. The van der Waals surface area contributed by atoms with Gasteiger partial charge in [-0.3, -0.25) is 14.4 Å². The Bertz CT molecular complexity index is 1160. The average molecular weight is 444 g/mol. The molecule has 6 nitrogen and oxygen atoms in total. The van der Waals surface area contributed by atoms with E-state index in [1.165, 1.54) is 4.90 Å². The third-order valence-corrected chi connectivity index (χ3v) is 6.17. The number of H-pyrrole nitrogens is 1. The van der Waals surface area contributed by atoms with Crippen LogP contribution < -0.4 is 0 Å². The summed E-state index contributed by atoms with van der Waals surface area (Å²) in [7, 11) is 0. The van der Waals surface area contributed by atoms with Crippen molar-refractivity contribution < 1.29 is 14.4 Å². The lowest BCUT2D eigenvalue weighted by molar-refractivity contribution is -0.127. The molecule has 0 aliphatic carbocycles. The van der Waals surface area contributed by atoms with E-state index in [9.17, 15) is 14.4 Å². The standard InChI is InChI=1S/C22H19Cl2N3O3/c1-13-18(14-5-2-3-8-17(14)25-13)20(28)22(30)27-11-9-26(10-12-27)21(29)15-6-4-7-16(23)19(15)24/h2-8,25H,9-12H2,1H3. The van der Waals surface area contributed by atoms with E-state index in [-0.39, 0.29) is 24.0 Å². The summed E-state index contributed by atoms with van der Waals surface area (Å²) in [6.07, 6.45) is 0. The van der Waals surface area contributed by atoms with Gasteiger partial charge in [0.05, 0.1) is 21.2 Å². The van der Waals surface area contributed by atoms with E-state index in [4.69, 9.17) is 23.2 Å². The van der Waals surface area contributed by atoms with Gasteiger partial charge in [0.15, 0.2) is 0 Å². The summed E-state index contributed by atoms with van der Waals surface area (Å²) in [5.41, 5.74) is 2.22. The monoisotopic (exact) mass is 443 g/mol. The summed E-state index contributed by atoms with van der Waals surface area (Å²) < 4.78 is 0. The zero-order chi connectivity index (χ0) is 21.4. The molecule has 0 bridgehead atoms. The number of aromatic amines is 1. The van der Waals surface area contributed by atoms with Crippen LogP contribution in [-0.4, -0.2) is 58.6 Å². The fourth-order valence-corrected chi connectivity index (χ4v) is 4.15. The largest absolute Gasteiger partial charge is 0.358 e. The second-order valence-electron chi connectivity index (χ2n) is 7.19. The molecule has 1 aromatic heterocycles. The molecule has 4 rings (SSSR count). The zero-order valence-corrected chi connectivity index (χ0v) is 17.8. The first-order chi connectivity index (χ1) is 14.4. The van der Waals surface area contributed by atoms with Crippen molar-refractivity contribution in [2.24, 2.45) is 0 Å². The number of nitrogens with one attached hydrogen (secondary N) is 1. The lowest BCUT2D eigenvalue weighted by Crippen LogP contribution is -2.52. The van der Waals surface area contributed by atoms with Crippen LogP contribution in [0.3, 0.4) is 0 Å². The van der Waals surface area contributed by atoms with Gasteiger partial charge in [0.25, 0.3) is 17.6 Å². The van der Waals surface area contributed by atoms with Gasteiger partial charge in [-0.05, 0) is 25.1 Å². The highest BCUT2D eigenvalue weighted by atomic mass is 35.5. The molecule has 30 heavy (non-hydrogen) atoms. The molecule has 1 saturated heterocycles. The first kappa shape index (κ1) is 20.4. The highest BCUT2D eigenvalue weighted by molar-refractivity contribution is 6.45. The van der Waals surface area contributed by atoms with E-state index in [0.29, 0.717) is 34.9 Å². The van der Waals surface area contributed by atoms with E-state index in [1.807, 2.05) is 24.3 Å². The maximum absolute atomic E-state index is 12.9. The van der Waals surface area contributed by atoms with Crippen LogP contribution in [0.1, 0.15) is 26.4 Å². The van der Waals surface area contributed by atoms with Crippen molar-refractivity contribution in [1.82, 2.24) is 14.8 Å². The minimum absolute atomic E-state index is 0.215. The molecule has 2 heterocycles. The lowest BCUT2D eigenvalue weighted by Gasteiger charge is -2.34. The molecule has 1 fully saturated rings. The Balaban J connectivity index is 1.47. The van der Waals surface area contributed by atoms with Crippen molar-refractivity contribution in [3.05, 3.63) is 69.3 Å². The molecule has 8 heteroatoms. The van der Waals surface area contributed by atoms with Gasteiger partial charge in [0.2, 0.25) is 0 Å². The Kier molecular flexibility index (Phi) is 5.54. The second-order valence-corrected chi connectivity index (χ2v) is 7.97. The number of rotatable bonds is 3. The maximum atomic E-state index is 12.9. The smallest absolute Gasteiger partial charge is 0.295 e. The lowest BCUT2D eigenvalue weighted by atomic mass is 10.1. The van der Waals surface area contributed by atoms with Crippen molar-refractivity contribution in [3.8, 4) is 0 Å². The molecule has 3 aromatic rings. The predicted molar refractivity (Wildman–Crippen MR) is 116 cm³/mol. The van der Waals surface area contributed by atoms with E-state index in [1.54, 1.807) is 30.0 Å². The minimum atomic E-state index is -0.559. The van der Waals surface area contributed by atoms with Crippen molar-refractivity contribution in [1.29, 1.82) is 0 Å². The molecule has 1 aliphatic rings.